The van der Waals surface area contributed by atoms with Gasteiger partial charge in [-0.3, -0.25) is 14.7 Å². The van der Waals surface area contributed by atoms with Crippen molar-refractivity contribution in [3.05, 3.63) is 64.7 Å². The highest BCUT2D eigenvalue weighted by atomic mass is 35.5. The number of carbonyl (C=O) groups excluding carboxylic acids is 1. The average molecular weight is 348 g/mol. The molecule has 4 nitrogen and oxygen atoms in total. The Kier molecular flexibility index (Phi) is 5.43. The summed E-state index contributed by atoms with van der Waals surface area (Å²) in [7, 11) is 0. The van der Waals surface area contributed by atoms with Crippen LogP contribution in [0.3, 0.4) is 0 Å². The molecule has 126 valence electrons. The third-order valence-corrected chi connectivity index (χ3v) is 4.52. The van der Waals surface area contributed by atoms with Gasteiger partial charge in [0.1, 0.15) is 11.5 Å². The molecular weight excluding hydrogens is 329 g/mol. The summed E-state index contributed by atoms with van der Waals surface area (Å²) in [4.78, 5) is 20.7. The molecule has 1 aliphatic rings. The number of nitrogens with zero attached hydrogens (tertiary/aromatic N) is 3. The molecule has 0 aliphatic carbocycles. The van der Waals surface area contributed by atoms with E-state index in [0.717, 1.165) is 25.1 Å². The van der Waals surface area contributed by atoms with E-state index in [1.165, 1.54) is 12.1 Å². The predicted molar refractivity (Wildman–Crippen MR) is 91.4 cm³/mol. The predicted octanol–water partition coefficient (Wildman–Crippen LogP) is 3.22. The van der Waals surface area contributed by atoms with Gasteiger partial charge in [-0.1, -0.05) is 23.7 Å². The van der Waals surface area contributed by atoms with Gasteiger partial charge < -0.3 is 4.90 Å². The number of hydrogen-bond donors (Lipinski definition) is 0. The van der Waals surface area contributed by atoms with Gasteiger partial charge in [-0.05, 0) is 36.2 Å². The zero-order valence-electron chi connectivity index (χ0n) is 13.3. The summed E-state index contributed by atoms with van der Waals surface area (Å²) in [5.74, 6) is -0.357. The number of benzene rings is 1. The van der Waals surface area contributed by atoms with Gasteiger partial charge in [0.15, 0.2) is 0 Å². The number of halogens is 2. The summed E-state index contributed by atoms with van der Waals surface area (Å²) >= 11 is 6.11. The molecule has 0 N–H and O–H groups in total. The molecule has 0 atom stereocenters. The molecule has 6 heteroatoms. The summed E-state index contributed by atoms with van der Waals surface area (Å²) in [5, 5.41) is 0.445. The van der Waals surface area contributed by atoms with E-state index in [4.69, 9.17) is 11.6 Å². The third-order valence-electron chi connectivity index (χ3n) is 4.17. The van der Waals surface area contributed by atoms with Gasteiger partial charge in [-0.15, -0.1) is 0 Å². The number of amides is 1. The normalized spacial score (nSPS) is 16.0. The lowest BCUT2D eigenvalue weighted by molar-refractivity contribution is 0.0755. The second-order valence-electron chi connectivity index (χ2n) is 5.87. The zero-order chi connectivity index (χ0) is 16.9. The van der Waals surface area contributed by atoms with Crippen molar-refractivity contribution in [1.82, 2.24) is 14.8 Å². The molecule has 1 saturated heterocycles. The lowest BCUT2D eigenvalue weighted by Crippen LogP contribution is -2.35. The number of carbonyl (C=O) groups is 1. The van der Waals surface area contributed by atoms with Crippen molar-refractivity contribution in [2.45, 2.75) is 13.0 Å². The first-order valence-electron chi connectivity index (χ1n) is 8.00. The van der Waals surface area contributed by atoms with Crippen LogP contribution in [0, 0.1) is 5.82 Å². The molecule has 3 rings (SSSR count). The van der Waals surface area contributed by atoms with E-state index in [0.29, 0.717) is 30.4 Å². The zero-order valence-corrected chi connectivity index (χ0v) is 14.0. The van der Waals surface area contributed by atoms with E-state index in [-0.39, 0.29) is 11.7 Å². The van der Waals surface area contributed by atoms with Crippen molar-refractivity contribution in [1.29, 1.82) is 0 Å². The van der Waals surface area contributed by atoms with E-state index < -0.39 is 0 Å². The van der Waals surface area contributed by atoms with Gasteiger partial charge in [-0.25, -0.2) is 4.39 Å². The SMILES string of the molecule is O=C(c1ccccn1)N1CCCN(Cc2ccc(F)cc2Cl)CC1. The molecule has 1 aliphatic heterocycles. The molecular formula is C18H19ClFN3O. The van der Waals surface area contributed by atoms with Gasteiger partial charge >= 0.3 is 0 Å². The first kappa shape index (κ1) is 16.9. The maximum absolute atomic E-state index is 13.1. The van der Waals surface area contributed by atoms with E-state index in [1.807, 2.05) is 11.0 Å². The molecule has 2 heterocycles. The van der Waals surface area contributed by atoms with E-state index in [9.17, 15) is 9.18 Å². The quantitative estimate of drug-likeness (QED) is 0.855. The van der Waals surface area contributed by atoms with E-state index in [2.05, 4.69) is 9.88 Å². The van der Waals surface area contributed by atoms with Crippen LogP contribution in [0.25, 0.3) is 0 Å². The van der Waals surface area contributed by atoms with Gasteiger partial charge in [-0.2, -0.15) is 0 Å². The van der Waals surface area contributed by atoms with Gasteiger partial charge in [0, 0.05) is 43.9 Å². The molecule has 0 bridgehead atoms. The lowest BCUT2D eigenvalue weighted by atomic mass is 10.2. The Bertz CT molecular complexity index is 711. The molecule has 0 unspecified atom stereocenters. The Morgan fingerprint density at radius 3 is 2.79 bits per heavy atom. The summed E-state index contributed by atoms with van der Waals surface area (Å²) in [5.41, 5.74) is 1.38. The molecule has 24 heavy (non-hydrogen) atoms. The highest BCUT2D eigenvalue weighted by Gasteiger charge is 2.21. The van der Waals surface area contributed by atoms with Crippen LogP contribution < -0.4 is 0 Å². The average Bonchev–Trinajstić information content (AvgIpc) is 2.83. The topological polar surface area (TPSA) is 36.4 Å². The summed E-state index contributed by atoms with van der Waals surface area (Å²) < 4.78 is 13.1. The van der Waals surface area contributed by atoms with Crippen LogP contribution >= 0.6 is 11.6 Å². The monoisotopic (exact) mass is 347 g/mol. The molecule has 2 aromatic rings. The molecule has 0 saturated carbocycles. The first-order valence-corrected chi connectivity index (χ1v) is 8.38. The number of hydrogen-bond acceptors (Lipinski definition) is 3. The molecule has 1 fully saturated rings. The Balaban J connectivity index is 1.62. The minimum absolute atomic E-state index is 0.0303. The minimum atomic E-state index is -0.327. The van der Waals surface area contributed by atoms with Gasteiger partial charge in [0.2, 0.25) is 0 Å². The molecule has 1 aromatic heterocycles. The van der Waals surface area contributed by atoms with Gasteiger partial charge in [0.25, 0.3) is 5.91 Å². The van der Waals surface area contributed by atoms with Crippen molar-refractivity contribution in [2.75, 3.05) is 26.2 Å². The fraction of sp³-hybridized carbons (Fsp3) is 0.333. The highest BCUT2D eigenvalue weighted by Crippen LogP contribution is 2.20. The van der Waals surface area contributed by atoms with Crippen LogP contribution in [0.15, 0.2) is 42.6 Å². The number of pyridine rings is 1. The smallest absolute Gasteiger partial charge is 0.272 e. The molecule has 0 spiro atoms. The fourth-order valence-electron chi connectivity index (χ4n) is 2.87. The number of aromatic nitrogens is 1. The largest absolute Gasteiger partial charge is 0.336 e. The highest BCUT2D eigenvalue weighted by molar-refractivity contribution is 6.31. The van der Waals surface area contributed by atoms with Crippen molar-refractivity contribution in [3.63, 3.8) is 0 Å². The van der Waals surface area contributed by atoms with E-state index >= 15 is 0 Å². The van der Waals surface area contributed by atoms with Crippen LogP contribution in [0.5, 0.6) is 0 Å². The fourth-order valence-corrected chi connectivity index (χ4v) is 3.10. The van der Waals surface area contributed by atoms with Crippen molar-refractivity contribution < 1.29 is 9.18 Å². The Morgan fingerprint density at radius 1 is 1.17 bits per heavy atom. The van der Waals surface area contributed by atoms with E-state index in [1.54, 1.807) is 24.4 Å². The van der Waals surface area contributed by atoms with Crippen molar-refractivity contribution in [2.24, 2.45) is 0 Å². The minimum Gasteiger partial charge on any atom is -0.336 e. The number of rotatable bonds is 3. The Morgan fingerprint density at radius 2 is 2.04 bits per heavy atom. The molecule has 1 amide bonds. The first-order chi connectivity index (χ1) is 11.6. The maximum Gasteiger partial charge on any atom is 0.272 e. The van der Waals surface area contributed by atoms with Gasteiger partial charge in [0.05, 0.1) is 0 Å². The summed E-state index contributed by atoms with van der Waals surface area (Å²) in [6, 6.07) is 9.85. The third kappa shape index (κ3) is 4.10. The standard InChI is InChI=1S/C18H19ClFN3O/c19-16-12-15(20)6-5-14(16)13-22-8-3-9-23(11-10-22)18(24)17-4-1-2-7-21-17/h1-2,4-7,12H,3,8-11,13H2. The Hall–Kier alpha value is -1.98. The second kappa shape index (κ2) is 7.73. The van der Waals surface area contributed by atoms with Crippen LogP contribution in [-0.2, 0) is 6.54 Å². The molecule has 1 aromatic carbocycles. The van der Waals surface area contributed by atoms with Crippen LogP contribution in [0.1, 0.15) is 22.5 Å². The van der Waals surface area contributed by atoms with Crippen molar-refractivity contribution >= 4 is 17.5 Å². The lowest BCUT2D eigenvalue weighted by Gasteiger charge is -2.22. The summed E-state index contributed by atoms with van der Waals surface area (Å²) in [6.07, 6.45) is 2.52. The molecule has 0 radical (unpaired) electrons. The van der Waals surface area contributed by atoms with Crippen LogP contribution in [0.2, 0.25) is 5.02 Å². The van der Waals surface area contributed by atoms with Crippen LogP contribution in [0.4, 0.5) is 4.39 Å². The second-order valence-corrected chi connectivity index (χ2v) is 6.28. The van der Waals surface area contributed by atoms with Crippen LogP contribution in [-0.4, -0.2) is 46.9 Å². The Labute approximate surface area is 145 Å². The summed E-state index contributed by atoms with van der Waals surface area (Å²) in [6.45, 7) is 3.65. The maximum atomic E-state index is 13.1. The van der Waals surface area contributed by atoms with Crippen molar-refractivity contribution in [3.8, 4) is 0 Å².